The fraction of sp³-hybridized carbons (Fsp3) is 0.312. The van der Waals surface area contributed by atoms with E-state index < -0.39 is 14.9 Å². The molecule has 0 aliphatic rings. The summed E-state index contributed by atoms with van der Waals surface area (Å²) < 4.78 is 28.8. The van der Waals surface area contributed by atoms with E-state index in [2.05, 4.69) is 20.3 Å². The number of nitrogens with one attached hydrogen (secondary N) is 3. The van der Waals surface area contributed by atoms with Crippen molar-refractivity contribution < 1.29 is 13.3 Å². The van der Waals surface area contributed by atoms with Gasteiger partial charge < -0.3 is 15.2 Å². The van der Waals surface area contributed by atoms with Crippen molar-refractivity contribution in [2.75, 3.05) is 26.7 Å². The number of non-ortho nitro benzene ring substituents is 1. The Morgan fingerprint density at radius 3 is 2.52 bits per heavy atom. The molecule has 0 fully saturated rings. The molecule has 10 nitrogen and oxygen atoms in total. The van der Waals surface area contributed by atoms with Gasteiger partial charge in [-0.25, -0.2) is 13.1 Å². The van der Waals surface area contributed by atoms with Gasteiger partial charge in [0.05, 0.1) is 9.82 Å². The fourth-order valence-corrected chi connectivity index (χ4v) is 3.33. The number of benzene rings is 1. The third kappa shape index (κ3) is 6.38. The second-order valence-corrected chi connectivity index (χ2v) is 7.27. The number of aliphatic imine (C=N–C) groups is 1. The lowest BCUT2D eigenvalue weighted by Gasteiger charge is -2.13. The minimum Gasteiger partial charge on any atom is -0.355 e. The molecule has 0 aliphatic carbocycles. The predicted molar refractivity (Wildman–Crippen MR) is 102 cm³/mol. The van der Waals surface area contributed by atoms with E-state index in [-0.39, 0.29) is 17.1 Å². The van der Waals surface area contributed by atoms with Gasteiger partial charge in [-0.15, -0.1) is 0 Å². The zero-order valence-electron chi connectivity index (χ0n) is 14.8. The molecule has 0 aliphatic heterocycles. The molecule has 0 bridgehead atoms. The number of aromatic nitrogens is 1. The molecule has 27 heavy (non-hydrogen) atoms. The molecule has 1 aromatic carbocycles. The molecule has 0 amide bonds. The first-order chi connectivity index (χ1) is 12.9. The highest BCUT2D eigenvalue weighted by Crippen LogP contribution is 2.16. The number of nitrogens with zero attached hydrogens (tertiary/aromatic N) is 3. The molecule has 0 radical (unpaired) electrons. The third-order valence-electron chi connectivity index (χ3n) is 3.60. The normalized spacial score (nSPS) is 12.0. The van der Waals surface area contributed by atoms with Gasteiger partial charge in [-0.2, -0.15) is 0 Å². The monoisotopic (exact) mass is 394 g/mol. The fourth-order valence-electron chi connectivity index (χ4n) is 2.26. The Bertz CT molecular complexity index is 880. The number of guanidine groups is 1. The molecule has 1 aromatic heterocycles. The van der Waals surface area contributed by atoms with E-state index in [4.69, 9.17) is 0 Å². The summed E-state index contributed by atoms with van der Waals surface area (Å²) in [6.07, 6.45) is 3.92. The summed E-state index contributed by atoms with van der Waals surface area (Å²) in [6, 6.07) is 8.80. The van der Waals surface area contributed by atoms with Crippen molar-refractivity contribution in [2.45, 2.75) is 11.4 Å². The molecule has 0 spiro atoms. The van der Waals surface area contributed by atoms with Crippen LogP contribution in [-0.2, 0) is 16.6 Å². The quantitative estimate of drug-likeness (QED) is 0.187. The number of sulfonamides is 1. The maximum absolute atomic E-state index is 12.2. The standard InChI is InChI=1S/C16H22N6O4S/c1-17-16(19-9-12-21-10-2-3-11-21)18-7-8-20-27(25,26)15-6-4-5-14(13-15)22(23)24/h2-6,10-11,13,20H,7-9,12H2,1H3,(H2,17,18,19). The molecule has 0 saturated carbocycles. The molecular weight excluding hydrogens is 372 g/mol. The number of nitro benzene ring substituents is 1. The molecule has 0 unspecified atom stereocenters. The second kappa shape index (κ2) is 9.69. The topological polar surface area (TPSA) is 131 Å². The van der Waals surface area contributed by atoms with Gasteiger partial charge in [0.2, 0.25) is 10.0 Å². The lowest BCUT2D eigenvalue weighted by molar-refractivity contribution is -0.385. The Morgan fingerprint density at radius 2 is 1.85 bits per heavy atom. The summed E-state index contributed by atoms with van der Waals surface area (Å²) in [6.45, 7) is 1.83. The number of rotatable bonds is 9. The summed E-state index contributed by atoms with van der Waals surface area (Å²) in [7, 11) is -2.20. The molecule has 1 heterocycles. The van der Waals surface area contributed by atoms with Crippen LogP contribution in [0.3, 0.4) is 0 Å². The van der Waals surface area contributed by atoms with Crippen molar-refractivity contribution in [1.29, 1.82) is 0 Å². The molecule has 2 rings (SSSR count). The lowest BCUT2D eigenvalue weighted by Crippen LogP contribution is -2.42. The van der Waals surface area contributed by atoms with Crippen LogP contribution in [0.1, 0.15) is 0 Å². The summed E-state index contributed by atoms with van der Waals surface area (Å²) in [5, 5.41) is 16.9. The Kier molecular flexibility index (Phi) is 7.32. The van der Waals surface area contributed by atoms with Gasteiger partial charge >= 0.3 is 0 Å². The molecule has 0 saturated heterocycles. The van der Waals surface area contributed by atoms with E-state index in [1.807, 2.05) is 29.1 Å². The Hall–Kier alpha value is -2.92. The minimum atomic E-state index is -3.83. The van der Waals surface area contributed by atoms with Crippen LogP contribution in [0.2, 0.25) is 0 Å². The average molecular weight is 394 g/mol. The Labute approximate surface area is 157 Å². The van der Waals surface area contributed by atoms with Crippen LogP contribution < -0.4 is 15.4 Å². The third-order valence-corrected chi connectivity index (χ3v) is 5.06. The molecule has 3 N–H and O–H groups in total. The van der Waals surface area contributed by atoms with Gasteiger partial charge in [0, 0.05) is 57.8 Å². The van der Waals surface area contributed by atoms with Crippen molar-refractivity contribution in [3.8, 4) is 0 Å². The molecule has 11 heteroatoms. The van der Waals surface area contributed by atoms with Gasteiger partial charge in [-0.1, -0.05) is 6.07 Å². The SMILES string of the molecule is CN=C(NCCNS(=O)(=O)c1cccc([N+](=O)[O-])c1)NCCn1cccc1. The van der Waals surface area contributed by atoms with E-state index in [1.54, 1.807) is 7.05 Å². The summed E-state index contributed by atoms with van der Waals surface area (Å²) in [5.41, 5.74) is -0.275. The molecular formula is C16H22N6O4S. The van der Waals surface area contributed by atoms with Crippen LogP contribution in [0.4, 0.5) is 5.69 Å². The van der Waals surface area contributed by atoms with Crippen molar-refractivity contribution in [3.05, 3.63) is 58.9 Å². The predicted octanol–water partition coefficient (Wildman–Crippen LogP) is 0.540. The zero-order chi connectivity index (χ0) is 19.7. The van der Waals surface area contributed by atoms with Gasteiger partial charge in [-0.05, 0) is 18.2 Å². The van der Waals surface area contributed by atoms with Crippen molar-refractivity contribution >= 4 is 21.7 Å². The molecule has 2 aromatic rings. The largest absolute Gasteiger partial charge is 0.355 e. The lowest BCUT2D eigenvalue weighted by atomic mass is 10.3. The van der Waals surface area contributed by atoms with Crippen LogP contribution in [-0.4, -0.2) is 50.5 Å². The Morgan fingerprint density at radius 1 is 1.15 bits per heavy atom. The number of hydrogen-bond acceptors (Lipinski definition) is 5. The van der Waals surface area contributed by atoms with Crippen LogP contribution in [0, 0.1) is 10.1 Å². The van der Waals surface area contributed by atoms with Crippen LogP contribution in [0.15, 0.2) is 58.7 Å². The van der Waals surface area contributed by atoms with Gasteiger partial charge in [-0.3, -0.25) is 15.1 Å². The summed E-state index contributed by atoms with van der Waals surface area (Å²) in [5.74, 6) is 0.553. The number of hydrogen-bond donors (Lipinski definition) is 3. The van der Waals surface area contributed by atoms with E-state index in [0.717, 1.165) is 12.6 Å². The highest BCUT2D eigenvalue weighted by atomic mass is 32.2. The van der Waals surface area contributed by atoms with E-state index in [0.29, 0.717) is 19.0 Å². The van der Waals surface area contributed by atoms with Gasteiger partial charge in [0.25, 0.3) is 5.69 Å². The second-order valence-electron chi connectivity index (χ2n) is 5.50. The van der Waals surface area contributed by atoms with Gasteiger partial charge in [0.1, 0.15) is 0 Å². The molecule has 146 valence electrons. The first kappa shape index (κ1) is 20.4. The highest BCUT2D eigenvalue weighted by Gasteiger charge is 2.16. The van der Waals surface area contributed by atoms with E-state index in [9.17, 15) is 18.5 Å². The van der Waals surface area contributed by atoms with E-state index >= 15 is 0 Å². The molecule has 0 atom stereocenters. The maximum atomic E-state index is 12.2. The smallest absolute Gasteiger partial charge is 0.270 e. The summed E-state index contributed by atoms with van der Waals surface area (Å²) in [4.78, 5) is 14.0. The van der Waals surface area contributed by atoms with Gasteiger partial charge in [0.15, 0.2) is 5.96 Å². The van der Waals surface area contributed by atoms with Crippen LogP contribution in [0.25, 0.3) is 0 Å². The summed E-state index contributed by atoms with van der Waals surface area (Å²) >= 11 is 0. The highest BCUT2D eigenvalue weighted by molar-refractivity contribution is 7.89. The first-order valence-corrected chi connectivity index (χ1v) is 9.70. The first-order valence-electron chi connectivity index (χ1n) is 8.22. The minimum absolute atomic E-state index is 0.101. The number of nitro groups is 1. The van der Waals surface area contributed by atoms with Crippen LogP contribution >= 0.6 is 0 Å². The van der Waals surface area contributed by atoms with Crippen molar-refractivity contribution in [2.24, 2.45) is 4.99 Å². The Balaban J connectivity index is 1.77. The van der Waals surface area contributed by atoms with Crippen molar-refractivity contribution in [3.63, 3.8) is 0 Å². The van der Waals surface area contributed by atoms with Crippen LogP contribution in [0.5, 0.6) is 0 Å². The average Bonchev–Trinajstić information content (AvgIpc) is 3.17. The maximum Gasteiger partial charge on any atom is 0.270 e. The van der Waals surface area contributed by atoms with Crippen molar-refractivity contribution in [1.82, 2.24) is 19.9 Å². The van der Waals surface area contributed by atoms with E-state index in [1.165, 1.54) is 18.2 Å². The zero-order valence-corrected chi connectivity index (χ0v) is 15.6.